The van der Waals surface area contributed by atoms with E-state index in [-0.39, 0.29) is 23.5 Å². The number of para-hydroxylation sites is 1. The smallest absolute Gasteiger partial charge is 0.291 e. The van der Waals surface area contributed by atoms with Crippen LogP contribution < -0.4 is 10.6 Å². The first kappa shape index (κ1) is 18.0. The highest BCUT2D eigenvalue weighted by Gasteiger charge is 2.42. The van der Waals surface area contributed by atoms with Gasteiger partial charge in [0.2, 0.25) is 11.8 Å². The lowest BCUT2D eigenvalue weighted by molar-refractivity contribution is -0.138. The van der Waals surface area contributed by atoms with Crippen molar-refractivity contribution in [3.63, 3.8) is 0 Å². The monoisotopic (exact) mass is 376 g/mol. The van der Waals surface area contributed by atoms with Crippen molar-refractivity contribution in [2.24, 2.45) is 0 Å². The molecule has 0 unspecified atom stereocenters. The second-order valence-electron chi connectivity index (χ2n) is 6.99. The minimum atomic E-state index is -0.713. The van der Waals surface area contributed by atoms with E-state index < -0.39 is 5.41 Å². The molecule has 0 bridgehead atoms. The lowest BCUT2D eigenvalue weighted by Gasteiger charge is -2.35. The predicted octanol–water partition coefficient (Wildman–Crippen LogP) is 3.77. The zero-order valence-electron chi connectivity index (χ0n) is 15.5. The van der Waals surface area contributed by atoms with Crippen LogP contribution in [0.5, 0.6) is 0 Å². The summed E-state index contributed by atoms with van der Waals surface area (Å²) in [5.41, 5.74) is 1.38. The topological polar surface area (TPSA) is 88.4 Å². The van der Waals surface area contributed by atoms with Crippen LogP contribution in [0.4, 0.5) is 5.69 Å². The van der Waals surface area contributed by atoms with Gasteiger partial charge in [-0.2, -0.15) is 0 Å². The predicted molar refractivity (Wildman–Crippen MR) is 105 cm³/mol. The van der Waals surface area contributed by atoms with Crippen LogP contribution >= 0.6 is 0 Å². The molecule has 1 fully saturated rings. The quantitative estimate of drug-likeness (QED) is 0.679. The Morgan fingerprint density at radius 3 is 2.57 bits per heavy atom. The number of benzene rings is 2. The summed E-state index contributed by atoms with van der Waals surface area (Å²) in [7, 11) is 0. The molecule has 2 heterocycles. The molecule has 0 saturated carbocycles. The van der Waals surface area contributed by atoms with Gasteiger partial charge < -0.3 is 9.73 Å². The average Bonchev–Trinajstić information content (AvgIpc) is 3.14. The zero-order valence-corrected chi connectivity index (χ0v) is 15.5. The molecule has 28 heavy (non-hydrogen) atoms. The summed E-state index contributed by atoms with van der Waals surface area (Å²) in [6.45, 7) is 1.94. The van der Waals surface area contributed by atoms with E-state index in [1.165, 1.54) is 0 Å². The van der Waals surface area contributed by atoms with Gasteiger partial charge in [0, 0.05) is 17.5 Å². The normalized spacial score (nSPS) is 19.5. The van der Waals surface area contributed by atoms with Crippen molar-refractivity contribution >= 4 is 34.4 Å². The number of imide groups is 1. The second-order valence-corrected chi connectivity index (χ2v) is 6.99. The molecule has 6 heteroatoms. The van der Waals surface area contributed by atoms with E-state index in [2.05, 4.69) is 10.6 Å². The van der Waals surface area contributed by atoms with Crippen LogP contribution in [0.2, 0.25) is 0 Å². The molecule has 1 saturated heterocycles. The van der Waals surface area contributed by atoms with Crippen molar-refractivity contribution in [1.82, 2.24) is 5.32 Å². The Balaban J connectivity index is 1.53. The second kappa shape index (κ2) is 6.96. The number of piperidine rings is 1. The molecule has 2 aromatic carbocycles. The van der Waals surface area contributed by atoms with E-state index in [9.17, 15) is 14.4 Å². The summed E-state index contributed by atoms with van der Waals surface area (Å²) < 4.78 is 5.58. The fourth-order valence-electron chi connectivity index (χ4n) is 3.73. The number of fused-ring (bicyclic) bond motifs is 1. The van der Waals surface area contributed by atoms with Gasteiger partial charge in [0.1, 0.15) is 5.58 Å². The standard InChI is InChI=1S/C22H20N2O4/c1-2-22(12-11-19(25)24-21(22)27)15-7-9-16(10-8-15)23-20(26)18-13-14-5-3-4-6-17(14)28-18/h3-10,13H,2,11-12H2,1H3,(H,23,26)(H,24,25,27)/t22-/m1/s1. The van der Waals surface area contributed by atoms with E-state index in [0.29, 0.717) is 30.5 Å². The lowest BCUT2D eigenvalue weighted by atomic mass is 9.72. The van der Waals surface area contributed by atoms with E-state index in [1.54, 1.807) is 18.2 Å². The molecular weight excluding hydrogens is 356 g/mol. The van der Waals surface area contributed by atoms with Gasteiger partial charge in [-0.25, -0.2) is 0 Å². The highest BCUT2D eigenvalue weighted by Crippen LogP contribution is 2.36. The molecule has 4 rings (SSSR count). The van der Waals surface area contributed by atoms with Crippen LogP contribution in [-0.4, -0.2) is 17.7 Å². The molecule has 2 N–H and O–H groups in total. The number of rotatable bonds is 4. The number of anilines is 1. The van der Waals surface area contributed by atoms with E-state index >= 15 is 0 Å². The molecular formula is C22H20N2O4. The van der Waals surface area contributed by atoms with Crippen LogP contribution in [-0.2, 0) is 15.0 Å². The summed E-state index contributed by atoms with van der Waals surface area (Å²) >= 11 is 0. The molecule has 1 atom stereocenters. The first-order valence-corrected chi connectivity index (χ1v) is 9.26. The number of amides is 3. The summed E-state index contributed by atoms with van der Waals surface area (Å²) in [6.07, 6.45) is 1.40. The third kappa shape index (κ3) is 3.07. The number of hydrogen-bond donors (Lipinski definition) is 2. The van der Waals surface area contributed by atoms with Gasteiger partial charge in [-0.3, -0.25) is 19.7 Å². The van der Waals surface area contributed by atoms with Gasteiger partial charge in [-0.05, 0) is 42.7 Å². The molecule has 6 nitrogen and oxygen atoms in total. The van der Waals surface area contributed by atoms with Crippen LogP contribution in [0.3, 0.4) is 0 Å². The molecule has 142 valence electrons. The van der Waals surface area contributed by atoms with Crippen molar-refractivity contribution in [2.45, 2.75) is 31.6 Å². The van der Waals surface area contributed by atoms with E-state index in [4.69, 9.17) is 4.42 Å². The Kier molecular flexibility index (Phi) is 4.47. The molecule has 0 spiro atoms. The molecule has 1 aliphatic heterocycles. The molecule has 1 aromatic heterocycles. The maximum atomic E-state index is 12.5. The summed E-state index contributed by atoms with van der Waals surface area (Å²) in [5.74, 6) is -0.593. The first-order chi connectivity index (χ1) is 13.5. The Morgan fingerprint density at radius 2 is 1.89 bits per heavy atom. The highest BCUT2D eigenvalue weighted by atomic mass is 16.3. The van der Waals surface area contributed by atoms with Gasteiger partial charge in [0.25, 0.3) is 5.91 Å². The van der Waals surface area contributed by atoms with Crippen LogP contribution in [0, 0.1) is 0 Å². The van der Waals surface area contributed by atoms with Crippen molar-refractivity contribution in [2.75, 3.05) is 5.32 Å². The Bertz CT molecular complexity index is 1030. The largest absolute Gasteiger partial charge is 0.451 e. The maximum absolute atomic E-state index is 12.5. The first-order valence-electron chi connectivity index (χ1n) is 9.26. The number of carbonyl (C=O) groups is 3. The minimum Gasteiger partial charge on any atom is -0.451 e. The molecule has 0 radical (unpaired) electrons. The summed E-state index contributed by atoms with van der Waals surface area (Å²) in [5, 5.41) is 6.12. The number of carbonyl (C=O) groups excluding carboxylic acids is 3. The van der Waals surface area contributed by atoms with Crippen LogP contribution in [0.25, 0.3) is 11.0 Å². The third-order valence-electron chi connectivity index (χ3n) is 5.41. The Morgan fingerprint density at radius 1 is 1.14 bits per heavy atom. The van der Waals surface area contributed by atoms with E-state index in [1.807, 2.05) is 43.3 Å². The third-order valence-corrected chi connectivity index (χ3v) is 5.41. The molecule has 1 aliphatic rings. The number of hydrogen-bond acceptors (Lipinski definition) is 4. The average molecular weight is 376 g/mol. The lowest BCUT2D eigenvalue weighted by Crippen LogP contribution is -2.51. The van der Waals surface area contributed by atoms with Crippen LogP contribution in [0.15, 0.2) is 59.0 Å². The van der Waals surface area contributed by atoms with Crippen LogP contribution in [0.1, 0.15) is 42.3 Å². The van der Waals surface area contributed by atoms with E-state index in [0.717, 1.165) is 10.9 Å². The fraction of sp³-hybridized carbons (Fsp3) is 0.227. The van der Waals surface area contributed by atoms with Gasteiger partial charge in [0.15, 0.2) is 5.76 Å². The van der Waals surface area contributed by atoms with Crippen molar-refractivity contribution in [3.8, 4) is 0 Å². The minimum absolute atomic E-state index is 0.233. The molecule has 0 aliphatic carbocycles. The highest BCUT2D eigenvalue weighted by molar-refractivity contribution is 6.05. The van der Waals surface area contributed by atoms with Crippen molar-refractivity contribution < 1.29 is 18.8 Å². The van der Waals surface area contributed by atoms with Crippen molar-refractivity contribution in [3.05, 3.63) is 65.9 Å². The van der Waals surface area contributed by atoms with Gasteiger partial charge in [-0.1, -0.05) is 37.3 Å². The SMILES string of the molecule is CC[C@]1(c2ccc(NC(=O)c3cc4ccccc4o3)cc2)CCC(=O)NC1=O. The summed E-state index contributed by atoms with van der Waals surface area (Å²) in [4.78, 5) is 36.4. The zero-order chi connectivity index (χ0) is 19.7. The van der Waals surface area contributed by atoms with Gasteiger partial charge in [-0.15, -0.1) is 0 Å². The van der Waals surface area contributed by atoms with Crippen molar-refractivity contribution in [1.29, 1.82) is 0 Å². The number of furan rings is 1. The molecule has 3 aromatic rings. The maximum Gasteiger partial charge on any atom is 0.291 e. The Labute approximate surface area is 161 Å². The van der Waals surface area contributed by atoms with Gasteiger partial charge >= 0.3 is 0 Å². The molecule has 3 amide bonds. The van der Waals surface area contributed by atoms with Gasteiger partial charge in [0.05, 0.1) is 5.41 Å². The summed E-state index contributed by atoms with van der Waals surface area (Å²) in [6, 6.07) is 16.3. The number of nitrogens with one attached hydrogen (secondary N) is 2. The Hall–Kier alpha value is -3.41. The fourth-order valence-corrected chi connectivity index (χ4v) is 3.73.